The molecular weight excluding hydrogens is 324 g/mol. The van der Waals surface area contributed by atoms with Gasteiger partial charge in [0.15, 0.2) is 0 Å². The highest BCUT2D eigenvalue weighted by Gasteiger charge is 2.14. The molecule has 0 aliphatic rings. The van der Waals surface area contributed by atoms with Crippen molar-refractivity contribution in [3.8, 4) is 9.88 Å². The molecule has 0 aliphatic carbocycles. The molecule has 0 unspecified atom stereocenters. The van der Waals surface area contributed by atoms with E-state index in [1.165, 1.54) is 0 Å². The Hall–Kier alpha value is -1.98. The van der Waals surface area contributed by atoms with Crippen LogP contribution in [0.1, 0.15) is 32.1 Å². The molecule has 3 aromatic rings. The lowest BCUT2D eigenvalue weighted by atomic mass is 10.1. The first-order valence-corrected chi connectivity index (χ1v) is 9.05. The molecule has 0 fully saturated rings. The average Bonchev–Trinajstić information content (AvgIpc) is 3.05. The number of aromatic nitrogens is 1. The van der Waals surface area contributed by atoms with E-state index in [-0.39, 0.29) is 5.91 Å². The van der Waals surface area contributed by atoms with E-state index in [0.29, 0.717) is 5.56 Å². The van der Waals surface area contributed by atoms with Crippen LogP contribution >= 0.6 is 22.7 Å². The number of rotatable bonds is 3. The van der Waals surface area contributed by atoms with Gasteiger partial charge in [0.05, 0.1) is 10.6 Å². The van der Waals surface area contributed by atoms with Gasteiger partial charge in [0, 0.05) is 21.5 Å². The first-order valence-electron chi connectivity index (χ1n) is 7.35. The van der Waals surface area contributed by atoms with Crippen LogP contribution in [0.5, 0.6) is 0 Å². The second kappa shape index (κ2) is 6.26. The van der Waals surface area contributed by atoms with Crippen molar-refractivity contribution < 1.29 is 4.79 Å². The third-order valence-corrected chi connectivity index (χ3v) is 5.80. The summed E-state index contributed by atoms with van der Waals surface area (Å²) in [5.41, 5.74) is 4.76. The third-order valence-electron chi connectivity index (χ3n) is 3.62. The molecule has 0 saturated heterocycles. The summed E-state index contributed by atoms with van der Waals surface area (Å²) in [5, 5.41) is 6.07. The number of hydrogen-bond acceptors (Lipinski definition) is 4. The maximum absolute atomic E-state index is 12.5. The molecule has 0 spiro atoms. The molecule has 0 bridgehead atoms. The van der Waals surface area contributed by atoms with Gasteiger partial charge in [-0.2, -0.15) is 0 Å². The van der Waals surface area contributed by atoms with Crippen molar-refractivity contribution in [3.63, 3.8) is 0 Å². The van der Waals surface area contributed by atoms with Gasteiger partial charge in [0.25, 0.3) is 5.91 Å². The molecule has 0 radical (unpaired) electrons. The highest BCUT2D eigenvalue weighted by Crippen LogP contribution is 2.36. The number of nitrogens with zero attached hydrogens (tertiary/aromatic N) is 1. The Morgan fingerprint density at radius 2 is 1.91 bits per heavy atom. The minimum Gasteiger partial charge on any atom is -0.321 e. The van der Waals surface area contributed by atoms with E-state index < -0.39 is 0 Å². The number of benzene rings is 1. The van der Waals surface area contributed by atoms with Gasteiger partial charge in [-0.1, -0.05) is 17.7 Å². The molecule has 1 amide bonds. The van der Waals surface area contributed by atoms with E-state index in [2.05, 4.69) is 10.3 Å². The number of carbonyl (C=O) groups is 1. The van der Waals surface area contributed by atoms with Crippen LogP contribution in [0.2, 0.25) is 0 Å². The lowest BCUT2D eigenvalue weighted by Gasteiger charge is -2.08. The molecule has 3 rings (SSSR count). The van der Waals surface area contributed by atoms with Gasteiger partial charge in [-0.15, -0.1) is 22.7 Å². The number of thiophene rings is 1. The van der Waals surface area contributed by atoms with E-state index >= 15 is 0 Å². The zero-order valence-corrected chi connectivity index (χ0v) is 15.2. The van der Waals surface area contributed by atoms with Crippen LogP contribution in [-0.2, 0) is 0 Å². The lowest BCUT2D eigenvalue weighted by Crippen LogP contribution is -2.13. The van der Waals surface area contributed by atoms with Gasteiger partial charge in [-0.25, -0.2) is 4.98 Å². The monoisotopic (exact) mass is 342 g/mol. The molecule has 2 aromatic heterocycles. The van der Waals surface area contributed by atoms with E-state index in [1.807, 2.05) is 57.3 Å². The Kier molecular flexibility index (Phi) is 4.33. The van der Waals surface area contributed by atoms with Crippen molar-refractivity contribution in [1.82, 2.24) is 4.98 Å². The van der Waals surface area contributed by atoms with Crippen molar-refractivity contribution >= 4 is 34.3 Å². The maximum Gasteiger partial charge on any atom is 0.255 e. The summed E-state index contributed by atoms with van der Waals surface area (Å²) < 4.78 is 0. The van der Waals surface area contributed by atoms with Crippen LogP contribution in [0.25, 0.3) is 9.88 Å². The number of nitrogens with one attached hydrogen (secondary N) is 1. The Morgan fingerprint density at radius 1 is 1.13 bits per heavy atom. The predicted octanol–water partition coefficient (Wildman–Crippen LogP) is 5.36. The highest BCUT2D eigenvalue weighted by atomic mass is 32.1. The van der Waals surface area contributed by atoms with Crippen molar-refractivity contribution in [2.45, 2.75) is 27.7 Å². The lowest BCUT2D eigenvalue weighted by molar-refractivity contribution is 0.102. The topological polar surface area (TPSA) is 42.0 Å². The number of thiazole rings is 1. The molecule has 1 aromatic carbocycles. The fourth-order valence-electron chi connectivity index (χ4n) is 2.44. The summed E-state index contributed by atoms with van der Waals surface area (Å²) in [5.74, 6) is -0.0646. The summed E-state index contributed by atoms with van der Waals surface area (Å²) in [6.07, 6.45) is 0. The number of hydrogen-bond donors (Lipinski definition) is 1. The van der Waals surface area contributed by atoms with Crippen LogP contribution in [0.4, 0.5) is 5.69 Å². The van der Waals surface area contributed by atoms with Crippen LogP contribution < -0.4 is 5.32 Å². The molecule has 5 heteroatoms. The highest BCUT2D eigenvalue weighted by molar-refractivity contribution is 7.21. The van der Waals surface area contributed by atoms with Gasteiger partial charge < -0.3 is 5.32 Å². The zero-order valence-electron chi connectivity index (χ0n) is 13.6. The molecule has 0 aliphatic heterocycles. The third kappa shape index (κ3) is 3.35. The van der Waals surface area contributed by atoms with Crippen molar-refractivity contribution in [2.24, 2.45) is 0 Å². The number of amides is 1. The van der Waals surface area contributed by atoms with Crippen molar-refractivity contribution in [2.75, 3.05) is 5.32 Å². The van der Waals surface area contributed by atoms with Gasteiger partial charge >= 0.3 is 0 Å². The minimum atomic E-state index is -0.0646. The maximum atomic E-state index is 12.5. The second-order valence-corrected chi connectivity index (χ2v) is 7.76. The molecular formula is C18H18N2OS2. The number of anilines is 1. The quantitative estimate of drug-likeness (QED) is 0.696. The number of aryl methyl sites for hydroxylation is 4. The molecule has 23 heavy (non-hydrogen) atoms. The largest absolute Gasteiger partial charge is 0.321 e. The van der Waals surface area contributed by atoms with Crippen LogP contribution in [0, 0.1) is 27.7 Å². The van der Waals surface area contributed by atoms with Crippen molar-refractivity contribution in [3.05, 3.63) is 56.9 Å². The molecule has 3 nitrogen and oxygen atoms in total. The molecule has 0 atom stereocenters. The first-order chi connectivity index (χ1) is 10.9. The number of carbonyl (C=O) groups excluding carboxylic acids is 1. The summed E-state index contributed by atoms with van der Waals surface area (Å²) >= 11 is 3.29. The fraction of sp³-hybridized carbons (Fsp3) is 0.222. The van der Waals surface area contributed by atoms with Gasteiger partial charge in [0.1, 0.15) is 5.01 Å². The zero-order chi connectivity index (χ0) is 16.6. The standard InChI is InChI=1S/C18H18N2OS2/c1-10-5-6-14(11(2)7-10)17(21)20-15-8-16(23-13(15)4)18-19-12(3)9-22-18/h5-9H,1-4H3,(H,20,21). The Labute approximate surface area is 144 Å². The summed E-state index contributed by atoms with van der Waals surface area (Å²) in [6.45, 7) is 8.00. The molecule has 2 heterocycles. The van der Waals surface area contributed by atoms with Crippen LogP contribution in [0.15, 0.2) is 29.6 Å². The van der Waals surface area contributed by atoms with Gasteiger partial charge in [-0.3, -0.25) is 4.79 Å². The Bertz CT molecular complexity index is 877. The van der Waals surface area contributed by atoms with Crippen LogP contribution in [0.3, 0.4) is 0 Å². The normalized spacial score (nSPS) is 10.8. The van der Waals surface area contributed by atoms with Crippen LogP contribution in [-0.4, -0.2) is 10.9 Å². The summed E-state index contributed by atoms with van der Waals surface area (Å²) in [7, 11) is 0. The first kappa shape index (κ1) is 15.9. The molecule has 0 saturated carbocycles. The van der Waals surface area contributed by atoms with Crippen molar-refractivity contribution in [1.29, 1.82) is 0 Å². The molecule has 118 valence electrons. The SMILES string of the molecule is Cc1ccc(C(=O)Nc2cc(-c3nc(C)cs3)sc2C)c(C)c1. The van der Waals surface area contributed by atoms with E-state index in [4.69, 9.17) is 0 Å². The van der Waals surface area contributed by atoms with E-state index in [1.54, 1.807) is 22.7 Å². The van der Waals surface area contributed by atoms with E-state index in [0.717, 1.165) is 37.3 Å². The fourth-order valence-corrected chi connectivity index (χ4v) is 4.27. The smallest absolute Gasteiger partial charge is 0.255 e. The summed E-state index contributed by atoms with van der Waals surface area (Å²) in [4.78, 5) is 19.2. The molecule has 1 N–H and O–H groups in total. The second-order valence-electron chi connectivity index (χ2n) is 5.65. The average molecular weight is 342 g/mol. The predicted molar refractivity (Wildman–Crippen MR) is 98.8 cm³/mol. The minimum absolute atomic E-state index is 0.0646. The van der Waals surface area contributed by atoms with E-state index in [9.17, 15) is 4.79 Å². The van der Waals surface area contributed by atoms with Gasteiger partial charge in [0.2, 0.25) is 0 Å². The Morgan fingerprint density at radius 3 is 2.57 bits per heavy atom. The Balaban J connectivity index is 1.85. The summed E-state index contributed by atoms with van der Waals surface area (Å²) in [6, 6.07) is 7.89. The van der Waals surface area contributed by atoms with Gasteiger partial charge in [-0.05, 0) is 45.4 Å².